The summed E-state index contributed by atoms with van der Waals surface area (Å²) in [6, 6.07) is 2.29. The molecule has 1 aromatic heterocycles. The smallest absolute Gasteiger partial charge is 0.326 e. The average molecular weight is 603 g/mol. The molecule has 4 unspecified atom stereocenters. The number of rotatable bonds is 19. The van der Waals surface area contributed by atoms with E-state index in [4.69, 9.17) is 28.7 Å². The summed E-state index contributed by atoms with van der Waals surface area (Å²) in [7, 11) is 0. The van der Waals surface area contributed by atoms with Gasteiger partial charge in [-0.3, -0.25) is 24.2 Å². The summed E-state index contributed by atoms with van der Waals surface area (Å²) < 4.78 is 0. The Hall–Kier alpha value is -4.70. The number of carbonyl (C=O) groups is 5. The number of nitrogens with zero attached hydrogens (tertiary/aromatic N) is 1. The number of primary amides is 1. The lowest BCUT2D eigenvalue weighted by molar-refractivity contribution is -0.142. The molecule has 1 aromatic carbocycles. The molecule has 43 heavy (non-hydrogen) atoms. The normalized spacial score (nSPS) is 13.7. The molecule has 15 N–H and O–H groups in total. The summed E-state index contributed by atoms with van der Waals surface area (Å²) in [5.41, 5.74) is 28.8. The van der Waals surface area contributed by atoms with Crippen molar-refractivity contribution in [1.82, 2.24) is 20.9 Å². The van der Waals surface area contributed by atoms with Crippen molar-refractivity contribution < 1.29 is 29.1 Å². The predicted molar refractivity (Wildman–Crippen MR) is 160 cm³/mol. The largest absolute Gasteiger partial charge is 0.480 e. The second-order valence-electron chi connectivity index (χ2n) is 10.1. The van der Waals surface area contributed by atoms with Gasteiger partial charge in [-0.1, -0.05) is 24.6 Å². The number of amides is 4. The monoisotopic (exact) mass is 602 g/mol. The first kappa shape index (κ1) is 34.5. The fraction of sp³-hybridized carbons (Fsp3) is 0.481. The van der Waals surface area contributed by atoms with Crippen molar-refractivity contribution in [3.05, 3.63) is 36.0 Å². The number of nitrogens with one attached hydrogen (secondary N) is 4. The lowest BCUT2D eigenvalue weighted by Crippen LogP contribution is -2.58. The molecule has 16 nitrogen and oxygen atoms in total. The third kappa shape index (κ3) is 11.6. The zero-order valence-electron chi connectivity index (χ0n) is 23.9. The molecule has 0 bridgehead atoms. The van der Waals surface area contributed by atoms with Crippen molar-refractivity contribution in [2.24, 2.45) is 33.7 Å². The zero-order valence-corrected chi connectivity index (χ0v) is 23.9. The molecule has 0 saturated heterocycles. The first-order chi connectivity index (χ1) is 20.4. The number of unbranched alkanes of at least 4 members (excludes halogenated alkanes) is 1. The van der Waals surface area contributed by atoms with Crippen molar-refractivity contribution in [1.29, 1.82) is 0 Å². The number of guanidine groups is 1. The fourth-order valence-corrected chi connectivity index (χ4v) is 4.36. The fourth-order valence-electron chi connectivity index (χ4n) is 4.36. The Kier molecular flexibility index (Phi) is 13.9. The van der Waals surface area contributed by atoms with E-state index >= 15 is 0 Å². The summed E-state index contributed by atoms with van der Waals surface area (Å²) >= 11 is 0. The second kappa shape index (κ2) is 17.3. The van der Waals surface area contributed by atoms with Crippen LogP contribution < -0.4 is 44.6 Å². The van der Waals surface area contributed by atoms with Crippen LogP contribution in [-0.4, -0.2) is 82.9 Å². The van der Waals surface area contributed by atoms with E-state index in [9.17, 15) is 29.1 Å². The number of aromatic amines is 1. The van der Waals surface area contributed by atoms with Crippen LogP contribution in [0.3, 0.4) is 0 Å². The van der Waals surface area contributed by atoms with Crippen molar-refractivity contribution in [3.63, 3.8) is 0 Å². The van der Waals surface area contributed by atoms with Crippen molar-refractivity contribution in [2.75, 3.05) is 13.1 Å². The minimum atomic E-state index is -1.43. The van der Waals surface area contributed by atoms with E-state index in [0.717, 1.165) is 10.9 Å². The van der Waals surface area contributed by atoms with Crippen LogP contribution in [0.5, 0.6) is 0 Å². The Morgan fingerprint density at radius 3 is 2.16 bits per heavy atom. The molecule has 2 aromatic rings. The van der Waals surface area contributed by atoms with E-state index in [1.807, 2.05) is 18.2 Å². The molecule has 1 heterocycles. The van der Waals surface area contributed by atoms with Gasteiger partial charge >= 0.3 is 5.97 Å². The van der Waals surface area contributed by atoms with Crippen LogP contribution in [0.25, 0.3) is 10.9 Å². The Labute approximate surface area is 248 Å². The number of carboxylic acids is 1. The highest BCUT2D eigenvalue weighted by Crippen LogP contribution is 2.19. The van der Waals surface area contributed by atoms with E-state index < -0.39 is 60.2 Å². The molecule has 16 heteroatoms. The number of aliphatic carboxylic acids is 1. The highest BCUT2D eigenvalue weighted by molar-refractivity contribution is 5.96. The molecule has 0 spiro atoms. The van der Waals surface area contributed by atoms with Gasteiger partial charge in [-0.05, 0) is 43.9 Å². The first-order valence-electron chi connectivity index (χ1n) is 13.9. The van der Waals surface area contributed by atoms with Gasteiger partial charge in [0.15, 0.2) is 5.96 Å². The number of para-hydroxylation sites is 1. The van der Waals surface area contributed by atoms with Crippen molar-refractivity contribution in [2.45, 2.75) is 69.1 Å². The van der Waals surface area contributed by atoms with Crippen LogP contribution in [0.4, 0.5) is 0 Å². The van der Waals surface area contributed by atoms with E-state index in [1.165, 1.54) is 0 Å². The molecular formula is C27H42N10O6. The third-order valence-electron chi connectivity index (χ3n) is 6.64. The third-order valence-corrected chi connectivity index (χ3v) is 6.64. The molecule has 236 valence electrons. The Bertz CT molecular complexity index is 1290. The summed E-state index contributed by atoms with van der Waals surface area (Å²) in [6.45, 7) is 0.584. The summed E-state index contributed by atoms with van der Waals surface area (Å²) in [5.74, 6) is -4.66. The van der Waals surface area contributed by atoms with E-state index in [1.54, 1.807) is 12.3 Å². The Morgan fingerprint density at radius 2 is 1.51 bits per heavy atom. The van der Waals surface area contributed by atoms with Gasteiger partial charge < -0.3 is 54.7 Å². The highest BCUT2D eigenvalue weighted by atomic mass is 16.4. The maximum atomic E-state index is 13.4. The van der Waals surface area contributed by atoms with Crippen LogP contribution >= 0.6 is 0 Å². The molecule has 0 saturated carbocycles. The highest BCUT2D eigenvalue weighted by Gasteiger charge is 2.31. The Morgan fingerprint density at radius 1 is 0.860 bits per heavy atom. The van der Waals surface area contributed by atoms with Gasteiger partial charge in [0.2, 0.25) is 23.6 Å². The number of nitrogens with two attached hydrogens (primary N) is 5. The topological polar surface area (TPSA) is 300 Å². The van der Waals surface area contributed by atoms with Crippen LogP contribution in [0.2, 0.25) is 0 Å². The van der Waals surface area contributed by atoms with Crippen LogP contribution in [0, 0.1) is 0 Å². The van der Waals surface area contributed by atoms with Gasteiger partial charge in [0.05, 0.1) is 12.5 Å². The maximum absolute atomic E-state index is 13.4. The van der Waals surface area contributed by atoms with Gasteiger partial charge in [-0.25, -0.2) is 4.79 Å². The van der Waals surface area contributed by atoms with E-state index in [2.05, 4.69) is 25.9 Å². The van der Waals surface area contributed by atoms with Crippen molar-refractivity contribution >= 4 is 46.5 Å². The number of carboxylic acid groups (broad SMARTS) is 1. The number of hydrogen-bond acceptors (Lipinski definition) is 8. The SMILES string of the molecule is NCCCCC(N)C(=O)NC(CC(N)=O)C(=O)NC(Cc1c[nH]c2ccccc12)C(=O)NC(CCCN=C(N)N)C(=O)O. The molecule has 0 aliphatic carbocycles. The second-order valence-corrected chi connectivity index (χ2v) is 10.1. The molecule has 4 amide bonds. The number of fused-ring (bicyclic) bond motifs is 1. The van der Waals surface area contributed by atoms with E-state index in [-0.39, 0.29) is 31.8 Å². The number of carbonyl (C=O) groups excluding carboxylic acids is 4. The minimum absolute atomic E-state index is 0.00794. The first-order valence-corrected chi connectivity index (χ1v) is 13.9. The lowest BCUT2D eigenvalue weighted by atomic mass is 10.0. The Balaban J connectivity index is 2.27. The summed E-state index contributed by atoms with van der Waals surface area (Å²) in [4.78, 5) is 70.0. The zero-order chi connectivity index (χ0) is 31.9. The molecule has 0 radical (unpaired) electrons. The lowest BCUT2D eigenvalue weighted by Gasteiger charge is -2.25. The molecule has 0 fully saturated rings. The number of aliphatic imine (C=N–C) groups is 1. The van der Waals surface area contributed by atoms with Gasteiger partial charge in [-0.15, -0.1) is 0 Å². The number of H-pyrrole nitrogens is 1. The summed E-state index contributed by atoms with van der Waals surface area (Å²) in [6.07, 6.45) is 2.88. The quantitative estimate of drug-likeness (QED) is 0.0463. The van der Waals surface area contributed by atoms with Crippen LogP contribution in [0.15, 0.2) is 35.5 Å². The predicted octanol–water partition coefficient (Wildman–Crippen LogP) is -2.37. The molecule has 0 aliphatic heterocycles. The maximum Gasteiger partial charge on any atom is 0.326 e. The molecule has 2 rings (SSSR count). The van der Waals surface area contributed by atoms with Gasteiger partial charge in [0.25, 0.3) is 0 Å². The minimum Gasteiger partial charge on any atom is -0.480 e. The average Bonchev–Trinajstić information content (AvgIpc) is 3.35. The number of hydrogen-bond donors (Lipinski definition) is 10. The van der Waals surface area contributed by atoms with Gasteiger partial charge in [0.1, 0.15) is 18.1 Å². The van der Waals surface area contributed by atoms with Crippen LogP contribution in [0.1, 0.15) is 44.1 Å². The number of benzene rings is 1. The van der Waals surface area contributed by atoms with Gasteiger partial charge in [-0.2, -0.15) is 0 Å². The summed E-state index contributed by atoms with van der Waals surface area (Å²) in [5, 5.41) is 17.9. The molecule has 0 aliphatic rings. The molecule has 4 atom stereocenters. The number of aromatic nitrogens is 1. The molecular weight excluding hydrogens is 560 g/mol. The van der Waals surface area contributed by atoms with Gasteiger partial charge in [0, 0.05) is 30.1 Å². The standard InChI is InChI=1S/C27H42N10O6/c28-10-4-3-7-17(29)23(39)36-21(13-22(30)38)25(41)37-20(12-15-14-34-18-8-2-1-6-16(15)18)24(40)35-19(26(42)43)9-5-11-33-27(31)32/h1-2,6,8,14,17,19-21,34H,3-5,7,9-13,28-29H2,(H2,30,38)(H,35,40)(H,36,39)(H,37,41)(H,42,43)(H4,31,32,33). The van der Waals surface area contributed by atoms with E-state index in [0.29, 0.717) is 31.4 Å². The van der Waals surface area contributed by atoms with Crippen LogP contribution in [-0.2, 0) is 30.4 Å². The van der Waals surface area contributed by atoms with Crippen molar-refractivity contribution in [3.8, 4) is 0 Å².